The maximum Gasteiger partial charge on any atom is 0.490 e. The largest absolute Gasteiger partial charge is 0.490 e. The van der Waals surface area contributed by atoms with Crippen LogP contribution in [0.2, 0.25) is 0 Å². The SMILES string of the molecule is Cc1ccc(NS(=O)(=O)c2ccc(C(F)(F)F)cc2)c(=O)n1CC(=O)NCCON=C(N)N.O=C(O)C(F)(F)F. The number of rotatable bonds is 9. The number of alkyl halides is 6. The molecule has 7 N–H and O–H groups in total. The van der Waals surface area contributed by atoms with E-state index in [4.69, 9.17) is 26.2 Å². The smallest absolute Gasteiger partial charge is 0.475 e. The van der Waals surface area contributed by atoms with Gasteiger partial charge in [0, 0.05) is 5.69 Å². The number of nitrogens with one attached hydrogen (secondary N) is 2. The fraction of sp³-hybridized carbons (Fsp3) is 0.300. The van der Waals surface area contributed by atoms with Crippen LogP contribution in [0.4, 0.5) is 32.0 Å². The highest BCUT2D eigenvalue weighted by molar-refractivity contribution is 7.92. The Labute approximate surface area is 221 Å². The Balaban J connectivity index is 0.00000101. The van der Waals surface area contributed by atoms with Gasteiger partial charge in [0.1, 0.15) is 18.8 Å². The number of guanidine groups is 1. The number of nitrogens with two attached hydrogens (primary N) is 2. The van der Waals surface area contributed by atoms with Gasteiger partial charge in [0.2, 0.25) is 11.9 Å². The number of nitrogens with zero attached hydrogens (tertiary/aromatic N) is 2. The molecule has 0 spiro atoms. The van der Waals surface area contributed by atoms with Gasteiger partial charge in [0.25, 0.3) is 15.6 Å². The number of aliphatic carboxylic acids is 1. The minimum atomic E-state index is -5.08. The molecule has 40 heavy (non-hydrogen) atoms. The van der Waals surface area contributed by atoms with E-state index in [1.165, 1.54) is 19.1 Å². The second-order valence-electron chi connectivity index (χ2n) is 7.41. The molecule has 0 aliphatic rings. The lowest BCUT2D eigenvalue weighted by molar-refractivity contribution is -0.192. The van der Waals surface area contributed by atoms with E-state index < -0.39 is 56.8 Å². The quantitative estimate of drug-likeness (QED) is 0.0905. The molecule has 1 aromatic carbocycles. The summed E-state index contributed by atoms with van der Waals surface area (Å²) in [5.74, 6) is -3.62. The number of benzene rings is 1. The lowest BCUT2D eigenvalue weighted by atomic mass is 10.2. The minimum absolute atomic E-state index is 0.0314. The van der Waals surface area contributed by atoms with Crippen LogP contribution in [0.25, 0.3) is 0 Å². The van der Waals surface area contributed by atoms with Crippen LogP contribution in [0.3, 0.4) is 0 Å². The van der Waals surface area contributed by atoms with Gasteiger partial charge in [-0.1, -0.05) is 0 Å². The highest BCUT2D eigenvalue weighted by Crippen LogP contribution is 2.29. The van der Waals surface area contributed by atoms with Gasteiger partial charge in [0.15, 0.2) is 0 Å². The molecule has 0 aliphatic heterocycles. The third-order valence-corrected chi connectivity index (χ3v) is 5.74. The summed E-state index contributed by atoms with van der Waals surface area (Å²) in [6.45, 7) is 1.10. The van der Waals surface area contributed by atoms with E-state index in [0.717, 1.165) is 16.7 Å². The molecule has 13 nitrogen and oxygen atoms in total. The molecule has 20 heteroatoms. The number of anilines is 1. The van der Waals surface area contributed by atoms with Crippen molar-refractivity contribution < 1.29 is 54.3 Å². The standard InChI is InChI=1S/C18H21F3N6O5S.C2HF3O2/c1-11-2-7-14(16(29)27(11)10-15(28)24-8-9-32-25-17(22)23)26-33(30,31)13-5-3-12(4-6-13)18(19,20)21;3-2(4,5)1(6)7/h2-7,26H,8-10H2,1H3,(H,24,28)(H4,22,23,25);(H,6,7). The number of sulfonamides is 1. The van der Waals surface area contributed by atoms with Crippen molar-refractivity contribution in [1.29, 1.82) is 0 Å². The number of hydrogen-bond acceptors (Lipinski definition) is 7. The molecule has 0 unspecified atom stereocenters. The molecule has 0 aliphatic carbocycles. The summed E-state index contributed by atoms with van der Waals surface area (Å²) >= 11 is 0. The summed E-state index contributed by atoms with van der Waals surface area (Å²) in [6.07, 6.45) is -9.71. The summed E-state index contributed by atoms with van der Waals surface area (Å²) in [4.78, 5) is 37.9. The van der Waals surface area contributed by atoms with Crippen LogP contribution >= 0.6 is 0 Å². The summed E-state index contributed by atoms with van der Waals surface area (Å²) < 4.78 is 97.9. The number of hydrogen-bond donors (Lipinski definition) is 5. The molecule has 0 fully saturated rings. The van der Waals surface area contributed by atoms with Crippen LogP contribution in [0.1, 0.15) is 11.3 Å². The molecule has 1 aromatic heterocycles. The number of halogens is 6. The van der Waals surface area contributed by atoms with Crippen LogP contribution in [-0.4, -0.2) is 55.3 Å². The molecule has 2 aromatic rings. The molecular weight excluding hydrogens is 582 g/mol. The number of pyridine rings is 1. The van der Waals surface area contributed by atoms with Gasteiger partial charge in [-0.25, -0.2) is 13.2 Å². The zero-order valence-corrected chi connectivity index (χ0v) is 21.0. The number of carboxylic acid groups (broad SMARTS) is 1. The maximum absolute atomic E-state index is 12.7. The number of aromatic nitrogens is 1. The molecule has 2 rings (SSSR count). The molecule has 0 saturated heterocycles. The Morgan fingerprint density at radius 2 is 1.60 bits per heavy atom. The Bertz CT molecular complexity index is 1390. The van der Waals surface area contributed by atoms with Crippen LogP contribution in [-0.2, 0) is 37.2 Å². The van der Waals surface area contributed by atoms with Crippen molar-refractivity contribution in [2.24, 2.45) is 16.6 Å². The predicted molar refractivity (Wildman–Crippen MR) is 126 cm³/mol. The number of amides is 1. The van der Waals surface area contributed by atoms with Gasteiger partial charge < -0.3 is 31.3 Å². The van der Waals surface area contributed by atoms with E-state index in [2.05, 4.69) is 10.5 Å². The van der Waals surface area contributed by atoms with E-state index in [1.54, 1.807) is 0 Å². The number of carbonyl (C=O) groups is 2. The van der Waals surface area contributed by atoms with E-state index >= 15 is 0 Å². The Morgan fingerprint density at radius 1 is 1.05 bits per heavy atom. The predicted octanol–water partition coefficient (Wildman–Crippen LogP) is 0.931. The van der Waals surface area contributed by atoms with Gasteiger partial charge in [-0.05, 0) is 48.5 Å². The summed E-state index contributed by atoms with van der Waals surface area (Å²) in [5.41, 5.74) is 8.28. The summed E-state index contributed by atoms with van der Waals surface area (Å²) in [5, 5.41) is 12.9. The zero-order valence-electron chi connectivity index (χ0n) is 20.2. The van der Waals surface area contributed by atoms with E-state index in [1.807, 2.05) is 4.72 Å². The first-order chi connectivity index (χ1) is 18.3. The van der Waals surface area contributed by atoms with Gasteiger partial charge in [-0.2, -0.15) is 26.3 Å². The second kappa shape index (κ2) is 13.5. The number of aryl methyl sites for hydroxylation is 1. The van der Waals surface area contributed by atoms with Crippen LogP contribution in [0.5, 0.6) is 0 Å². The first kappa shape index (κ1) is 33.5. The Morgan fingerprint density at radius 3 is 2.08 bits per heavy atom. The van der Waals surface area contributed by atoms with Crippen LogP contribution < -0.4 is 27.1 Å². The van der Waals surface area contributed by atoms with Crippen LogP contribution in [0, 0.1) is 6.92 Å². The van der Waals surface area contributed by atoms with E-state index in [9.17, 15) is 44.3 Å². The molecule has 0 saturated carbocycles. The molecule has 0 radical (unpaired) electrons. The van der Waals surface area contributed by atoms with Crippen molar-refractivity contribution >= 4 is 33.5 Å². The van der Waals surface area contributed by atoms with E-state index in [-0.39, 0.29) is 24.8 Å². The average molecular weight is 604 g/mol. The lowest BCUT2D eigenvalue weighted by Gasteiger charge is -2.14. The van der Waals surface area contributed by atoms with Crippen molar-refractivity contribution in [3.05, 3.63) is 58.0 Å². The summed E-state index contributed by atoms with van der Waals surface area (Å²) in [6, 6.07) is 5.37. The normalized spacial score (nSPS) is 11.5. The van der Waals surface area contributed by atoms with Gasteiger partial charge in [-0.3, -0.25) is 14.3 Å². The van der Waals surface area contributed by atoms with Crippen molar-refractivity contribution in [2.45, 2.75) is 30.7 Å². The van der Waals surface area contributed by atoms with Gasteiger partial charge in [-0.15, -0.1) is 0 Å². The molecule has 1 amide bonds. The minimum Gasteiger partial charge on any atom is -0.475 e. The van der Waals surface area contributed by atoms with Gasteiger partial charge >= 0.3 is 18.3 Å². The topological polar surface area (TPSA) is 208 Å². The molecule has 222 valence electrons. The third kappa shape index (κ3) is 10.7. The van der Waals surface area contributed by atoms with Crippen LogP contribution in [0.15, 0.2) is 51.2 Å². The van der Waals surface area contributed by atoms with Crippen molar-refractivity contribution in [2.75, 3.05) is 17.9 Å². The number of carboxylic acids is 1. The van der Waals surface area contributed by atoms with Crippen molar-refractivity contribution in [3.8, 4) is 0 Å². The zero-order chi connectivity index (χ0) is 30.9. The molecule has 0 atom stereocenters. The lowest BCUT2D eigenvalue weighted by Crippen LogP contribution is -2.36. The first-order valence-corrected chi connectivity index (χ1v) is 11.9. The monoisotopic (exact) mass is 604 g/mol. The van der Waals surface area contributed by atoms with Crippen molar-refractivity contribution in [1.82, 2.24) is 9.88 Å². The maximum atomic E-state index is 12.7. The first-order valence-electron chi connectivity index (χ1n) is 10.4. The highest BCUT2D eigenvalue weighted by Gasteiger charge is 2.38. The number of carbonyl (C=O) groups excluding carboxylic acids is 1. The fourth-order valence-corrected chi connectivity index (χ4v) is 3.58. The Kier molecular flexibility index (Phi) is 11.3. The van der Waals surface area contributed by atoms with Gasteiger partial charge in [0.05, 0.1) is 17.0 Å². The molecular formula is C20H22F6N6O7S. The molecule has 1 heterocycles. The molecule has 0 bridgehead atoms. The number of oxime groups is 1. The summed E-state index contributed by atoms with van der Waals surface area (Å²) in [7, 11) is -4.36. The Hall–Kier alpha value is -4.49. The van der Waals surface area contributed by atoms with Crippen molar-refractivity contribution in [3.63, 3.8) is 0 Å². The average Bonchev–Trinajstić information content (AvgIpc) is 2.82. The third-order valence-electron chi connectivity index (χ3n) is 4.36. The fourth-order valence-electron chi connectivity index (χ4n) is 2.53. The highest BCUT2D eigenvalue weighted by atomic mass is 32.2. The van der Waals surface area contributed by atoms with E-state index in [0.29, 0.717) is 17.8 Å². The second-order valence-corrected chi connectivity index (χ2v) is 9.09.